The van der Waals surface area contributed by atoms with E-state index in [-0.39, 0.29) is 11.9 Å². The highest BCUT2D eigenvalue weighted by Crippen LogP contribution is 2.16. The molecule has 0 saturated carbocycles. The number of amides is 1. The van der Waals surface area contributed by atoms with Crippen LogP contribution in [-0.2, 0) is 11.3 Å². The molecule has 2 aromatic carbocycles. The van der Waals surface area contributed by atoms with Crippen molar-refractivity contribution in [2.75, 3.05) is 32.9 Å². The van der Waals surface area contributed by atoms with E-state index in [2.05, 4.69) is 16.3 Å². The first kappa shape index (κ1) is 19.4. The predicted octanol–water partition coefficient (Wildman–Crippen LogP) is 3.02. The van der Waals surface area contributed by atoms with Crippen molar-refractivity contribution in [3.05, 3.63) is 65.2 Å². The second kappa shape index (κ2) is 9.53. The molecule has 144 valence electrons. The highest BCUT2D eigenvalue weighted by Gasteiger charge is 2.14. The Labute approximate surface area is 161 Å². The summed E-state index contributed by atoms with van der Waals surface area (Å²) >= 11 is 0. The van der Waals surface area contributed by atoms with Crippen LogP contribution >= 0.6 is 0 Å². The predicted molar refractivity (Wildman–Crippen MR) is 106 cm³/mol. The van der Waals surface area contributed by atoms with Crippen molar-refractivity contribution < 1.29 is 14.3 Å². The van der Waals surface area contributed by atoms with Crippen molar-refractivity contribution in [1.82, 2.24) is 10.2 Å². The molecule has 0 spiro atoms. The Balaban J connectivity index is 1.52. The van der Waals surface area contributed by atoms with E-state index in [0.29, 0.717) is 12.2 Å². The van der Waals surface area contributed by atoms with Gasteiger partial charge in [0.25, 0.3) is 5.91 Å². The van der Waals surface area contributed by atoms with Gasteiger partial charge < -0.3 is 14.8 Å². The average molecular weight is 368 g/mol. The molecule has 1 N–H and O–H groups in total. The monoisotopic (exact) mass is 368 g/mol. The van der Waals surface area contributed by atoms with Gasteiger partial charge in [-0.15, -0.1) is 0 Å². The van der Waals surface area contributed by atoms with Crippen molar-refractivity contribution in [1.29, 1.82) is 0 Å². The number of nitrogens with zero attached hydrogens (tertiary/aromatic N) is 1. The average Bonchev–Trinajstić information content (AvgIpc) is 2.68. The Kier molecular flexibility index (Phi) is 6.85. The van der Waals surface area contributed by atoms with Crippen LogP contribution in [0.1, 0.15) is 28.4 Å². The van der Waals surface area contributed by atoms with E-state index >= 15 is 0 Å². The van der Waals surface area contributed by atoms with Crippen molar-refractivity contribution >= 4 is 5.91 Å². The number of morpholine rings is 1. The van der Waals surface area contributed by atoms with Crippen LogP contribution in [0, 0.1) is 6.92 Å². The van der Waals surface area contributed by atoms with E-state index in [1.54, 1.807) is 0 Å². The molecule has 3 rings (SSSR count). The minimum atomic E-state index is -0.0833. The van der Waals surface area contributed by atoms with E-state index in [4.69, 9.17) is 9.47 Å². The number of carbonyl (C=O) groups excluding carboxylic acids is 1. The van der Waals surface area contributed by atoms with Gasteiger partial charge in [-0.2, -0.15) is 0 Å². The quantitative estimate of drug-likeness (QED) is 0.816. The lowest BCUT2D eigenvalue weighted by Crippen LogP contribution is -2.37. The second-order valence-electron chi connectivity index (χ2n) is 7.04. The molecule has 5 heteroatoms. The largest absolute Gasteiger partial charge is 0.491 e. The summed E-state index contributed by atoms with van der Waals surface area (Å²) in [6.07, 6.45) is 0. The van der Waals surface area contributed by atoms with Crippen LogP contribution in [0.3, 0.4) is 0 Å². The third-order valence-corrected chi connectivity index (χ3v) is 4.66. The van der Waals surface area contributed by atoms with E-state index in [9.17, 15) is 4.79 Å². The molecular weight excluding hydrogens is 340 g/mol. The molecule has 1 fully saturated rings. The van der Waals surface area contributed by atoms with Gasteiger partial charge in [-0.05, 0) is 43.2 Å². The molecule has 2 aromatic rings. The standard InChI is InChI=1S/C22H28N2O3/c1-17-6-3-4-9-21(17)27-16-18(2)23-22(25)20-8-5-7-19(14-20)15-24-10-12-26-13-11-24/h3-9,14,18H,10-13,15-16H2,1-2H3,(H,23,25)/t18-/m1/s1. The van der Waals surface area contributed by atoms with Gasteiger partial charge in [0.15, 0.2) is 0 Å². The van der Waals surface area contributed by atoms with Crippen LogP contribution in [-0.4, -0.2) is 49.8 Å². The number of hydrogen-bond donors (Lipinski definition) is 1. The number of para-hydroxylation sites is 1. The number of rotatable bonds is 7. The topological polar surface area (TPSA) is 50.8 Å². The van der Waals surface area contributed by atoms with Crippen LogP contribution < -0.4 is 10.1 Å². The summed E-state index contributed by atoms with van der Waals surface area (Å²) in [5.41, 5.74) is 2.92. The summed E-state index contributed by atoms with van der Waals surface area (Å²) in [7, 11) is 0. The number of hydrogen-bond acceptors (Lipinski definition) is 4. The molecule has 0 unspecified atom stereocenters. The molecule has 1 aliphatic heterocycles. The van der Waals surface area contributed by atoms with Crippen molar-refractivity contribution in [3.8, 4) is 5.75 Å². The number of nitrogens with one attached hydrogen (secondary N) is 1. The van der Waals surface area contributed by atoms with E-state index in [1.807, 2.05) is 56.3 Å². The van der Waals surface area contributed by atoms with Crippen molar-refractivity contribution in [2.24, 2.45) is 0 Å². The summed E-state index contributed by atoms with van der Waals surface area (Å²) in [5.74, 6) is 0.783. The molecule has 1 heterocycles. The number of carbonyl (C=O) groups is 1. The smallest absolute Gasteiger partial charge is 0.251 e. The molecule has 1 aliphatic rings. The fraction of sp³-hybridized carbons (Fsp3) is 0.409. The normalized spacial score (nSPS) is 15.9. The van der Waals surface area contributed by atoms with Gasteiger partial charge in [0.1, 0.15) is 12.4 Å². The minimum Gasteiger partial charge on any atom is -0.491 e. The van der Waals surface area contributed by atoms with E-state index in [1.165, 1.54) is 0 Å². The molecule has 1 saturated heterocycles. The first-order chi connectivity index (χ1) is 13.1. The highest BCUT2D eigenvalue weighted by molar-refractivity contribution is 5.94. The summed E-state index contributed by atoms with van der Waals surface area (Å²) in [4.78, 5) is 14.9. The van der Waals surface area contributed by atoms with Crippen LogP contribution in [0.2, 0.25) is 0 Å². The maximum absolute atomic E-state index is 12.6. The number of ether oxygens (including phenoxy) is 2. The van der Waals surface area contributed by atoms with Gasteiger partial charge >= 0.3 is 0 Å². The first-order valence-corrected chi connectivity index (χ1v) is 9.50. The molecule has 1 atom stereocenters. The SMILES string of the molecule is Cc1ccccc1OC[C@@H](C)NC(=O)c1cccc(CN2CCOCC2)c1. The Morgan fingerprint density at radius 3 is 2.74 bits per heavy atom. The maximum Gasteiger partial charge on any atom is 0.251 e. The summed E-state index contributed by atoms with van der Waals surface area (Å²) in [5, 5.41) is 3.02. The van der Waals surface area contributed by atoms with Crippen molar-refractivity contribution in [2.45, 2.75) is 26.4 Å². The molecule has 1 amide bonds. The van der Waals surface area contributed by atoms with Crippen LogP contribution in [0.5, 0.6) is 5.75 Å². The fourth-order valence-corrected chi connectivity index (χ4v) is 3.11. The molecule has 0 aromatic heterocycles. The summed E-state index contributed by atoms with van der Waals surface area (Å²) in [6.45, 7) is 8.66. The van der Waals surface area contributed by atoms with E-state index in [0.717, 1.165) is 49.7 Å². The summed E-state index contributed by atoms with van der Waals surface area (Å²) in [6, 6.07) is 15.6. The second-order valence-corrected chi connectivity index (χ2v) is 7.04. The maximum atomic E-state index is 12.6. The zero-order chi connectivity index (χ0) is 19.1. The lowest BCUT2D eigenvalue weighted by Gasteiger charge is -2.26. The Morgan fingerprint density at radius 1 is 1.19 bits per heavy atom. The molecule has 0 aliphatic carbocycles. The third-order valence-electron chi connectivity index (χ3n) is 4.66. The molecule has 0 bridgehead atoms. The highest BCUT2D eigenvalue weighted by atomic mass is 16.5. The van der Waals surface area contributed by atoms with Gasteiger partial charge in [0.05, 0.1) is 19.3 Å². The number of benzene rings is 2. The zero-order valence-corrected chi connectivity index (χ0v) is 16.1. The molecule has 0 radical (unpaired) electrons. The minimum absolute atomic E-state index is 0.0697. The van der Waals surface area contributed by atoms with Gasteiger partial charge in [0, 0.05) is 25.2 Å². The Hall–Kier alpha value is -2.37. The summed E-state index contributed by atoms with van der Waals surface area (Å²) < 4.78 is 11.2. The van der Waals surface area contributed by atoms with Gasteiger partial charge in [0.2, 0.25) is 0 Å². The Morgan fingerprint density at radius 2 is 1.96 bits per heavy atom. The fourth-order valence-electron chi connectivity index (χ4n) is 3.11. The van der Waals surface area contributed by atoms with E-state index < -0.39 is 0 Å². The number of aryl methyl sites for hydroxylation is 1. The zero-order valence-electron chi connectivity index (χ0n) is 16.1. The third kappa shape index (κ3) is 5.81. The van der Waals surface area contributed by atoms with Crippen LogP contribution in [0.25, 0.3) is 0 Å². The van der Waals surface area contributed by atoms with Gasteiger partial charge in [-0.25, -0.2) is 0 Å². The molecular formula is C22H28N2O3. The molecule has 5 nitrogen and oxygen atoms in total. The van der Waals surface area contributed by atoms with Crippen molar-refractivity contribution in [3.63, 3.8) is 0 Å². The lowest BCUT2D eigenvalue weighted by atomic mass is 10.1. The van der Waals surface area contributed by atoms with Gasteiger partial charge in [-0.3, -0.25) is 9.69 Å². The first-order valence-electron chi connectivity index (χ1n) is 9.50. The van der Waals surface area contributed by atoms with Crippen LogP contribution in [0.4, 0.5) is 0 Å². The lowest BCUT2D eigenvalue weighted by molar-refractivity contribution is 0.0342. The Bertz CT molecular complexity index is 757. The molecule has 27 heavy (non-hydrogen) atoms. The van der Waals surface area contributed by atoms with Crippen LogP contribution in [0.15, 0.2) is 48.5 Å². The van der Waals surface area contributed by atoms with Gasteiger partial charge in [-0.1, -0.05) is 30.3 Å².